The van der Waals surface area contributed by atoms with Crippen LogP contribution in [0.2, 0.25) is 5.02 Å². The van der Waals surface area contributed by atoms with Crippen molar-refractivity contribution in [2.24, 2.45) is 5.92 Å². The lowest BCUT2D eigenvalue weighted by atomic mass is 9.80. The van der Waals surface area contributed by atoms with Gasteiger partial charge in [0.15, 0.2) is 11.9 Å². The number of esters is 2. The molecule has 0 bridgehead atoms. The molecule has 17 heteroatoms. The van der Waals surface area contributed by atoms with Gasteiger partial charge in [-0.15, -0.1) is 0 Å². The summed E-state index contributed by atoms with van der Waals surface area (Å²) >= 11 is 6.02. The van der Waals surface area contributed by atoms with Crippen molar-refractivity contribution < 1.29 is 42.5 Å². The maximum absolute atomic E-state index is 14.3. The number of nitrogens with two attached hydrogens (primary N) is 1. The number of nitrogens with zero attached hydrogens (tertiary/aromatic N) is 4. The van der Waals surface area contributed by atoms with Crippen LogP contribution in [0.1, 0.15) is 72.4 Å². The summed E-state index contributed by atoms with van der Waals surface area (Å²) < 4.78 is 44.6. The van der Waals surface area contributed by atoms with Crippen molar-refractivity contribution in [3.63, 3.8) is 0 Å². The smallest absolute Gasteiger partial charge is 0.459 e. The fourth-order valence-corrected chi connectivity index (χ4v) is 7.10. The summed E-state index contributed by atoms with van der Waals surface area (Å²) in [6, 6.07) is 9.84. The summed E-state index contributed by atoms with van der Waals surface area (Å²) in [6.45, 7) is 7.56. The van der Waals surface area contributed by atoms with Crippen LogP contribution in [0.15, 0.2) is 42.7 Å². The van der Waals surface area contributed by atoms with Gasteiger partial charge in [-0.05, 0) is 56.7 Å². The van der Waals surface area contributed by atoms with Gasteiger partial charge in [-0.3, -0.25) is 14.1 Å². The summed E-state index contributed by atoms with van der Waals surface area (Å²) in [5.41, 5.74) is 1.97. The van der Waals surface area contributed by atoms with Gasteiger partial charge in [-0.1, -0.05) is 58.1 Å². The van der Waals surface area contributed by atoms with Crippen molar-refractivity contribution in [1.82, 2.24) is 19.7 Å². The van der Waals surface area contributed by atoms with E-state index in [1.54, 1.807) is 19.9 Å². The highest BCUT2D eigenvalue weighted by Gasteiger charge is 2.67. The number of hydrogen-bond acceptors (Lipinski definition) is 13. The molecule has 3 aromatic rings. The predicted molar refractivity (Wildman–Crippen MR) is 183 cm³/mol. The molecule has 1 aliphatic rings. The van der Waals surface area contributed by atoms with Gasteiger partial charge in [0.2, 0.25) is 5.60 Å². The van der Waals surface area contributed by atoms with Gasteiger partial charge in [0.25, 0.3) is 0 Å². The zero-order valence-electron chi connectivity index (χ0n) is 28.7. The number of nitriles is 1. The second-order valence-corrected chi connectivity index (χ2v) is 14.7. The van der Waals surface area contributed by atoms with Crippen molar-refractivity contribution >= 4 is 42.6 Å². The largest absolute Gasteiger partial charge is 0.465 e. The molecule has 1 aromatic carbocycles. The number of rotatable bonds is 17. The van der Waals surface area contributed by atoms with E-state index >= 15 is 0 Å². The number of carbonyl (C=O) groups excluding carboxylic acids is 2. The summed E-state index contributed by atoms with van der Waals surface area (Å²) in [5, 5.41) is 29.9. The van der Waals surface area contributed by atoms with Crippen LogP contribution >= 0.6 is 19.3 Å². The van der Waals surface area contributed by atoms with Crippen LogP contribution in [-0.2, 0) is 38.5 Å². The third-order valence-corrected chi connectivity index (χ3v) is 10.2. The lowest BCUT2D eigenvalue weighted by Crippen LogP contribution is -2.54. The number of fused-ring (bicyclic) bond motifs is 1. The van der Waals surface area contributed by atoms with Crippen LogP contribution in [0.5, 0.6) is 5.75 Å². The lowest BCUT2D eigenvalue weighted by Gasteiger charge is -2.34. The zero-order chi connectivity index (χ0) is 36.7. The number of aromatic nitrogens is 3. The molecule has 50 heavy (non-hydrogen) atoms. The number of halogens is 1. The lowest BCUT2D eigenvalue weighted by molar-refractivity contribution is -0.168. The minimum Gasteiger partial charge on any atom is -0.465 e. The van der Waals surface area contributed by atoms with Crippen LogP contribution < -0.4 is 15.3 Å². The minimum absolute atomic E-state index is 0.0620. The van der Waals surface area contributed by atoms with E-state index in [4.69, 9.17) is 40.6 Å². The van der Waals surface area contributed by atoms with Crippen LogP contribution in [0.25, 0.3) is 5.52 Å². The topological polar surface area (TPSA) is 210 Å². The van der Waals surface area contributed by atoms with E-state index in [1.807, 2.05) is 6.07 Å². The van der Waals surface area contributed by atoms with Gasteiger partial charge >= 0.3 is 19.7 Å². The normalized spacial score (nSPS) is 23.7. The first-order valence-electron chi connectivity index (χ1n) is 16.4. The summed E-state index contributed by atoms with van der Waals surface area (Å²) in [6.07, 6.45) is 3.03. The number of hydrogen-bond donors (Lipinski definition) is 3. The van der Waals surface area contributed by atoms with E-state index in [0.29, 0.717) is 17.0 Å². The van der Waals surface area contributed by atoms with Crippen molar-refractivity contribution in [1.29, 1.82) is 5.26 Å². The summed E-state index contributed by atoms with van der Waals surface area (Å²) in [7, 11) is -4.47. The minimum atomic E-state index is -4.47. The molecule has 3 heterocycles. The third-order valence-electron chi connectivity index (χ3n) is 8.29. The highest BCUT2D eigenvalue weighted by Crippen LogP contribution is 2.51. The van der Waals surface area contributed by atoms with Gasteiger partial charge in [0, 0.05) is 5.02 Å². The van der Waals surface area contributed by atoms with E-state index in [2.05, 4.69) is 22.1 Å². The highest BCUT2D eigenvalue weighted by molar-refractivity contribution is 7.52. The molecule has 0 radical (unpaired) electrons. The Morgan fingerprint density at radius 2 is 1.86 bits per heavy atom. The van der Waals surface area contributed by atoms with Crippen molar-refractivity contribution in [2.45, 2.75) is 96.2 Å². The Morgan fingerprint density at radius 3 is 2.52 bits per heavy atom. The molecule has 4 N–H and O–H groups in total. The number of anilines is 1. The van der Waals surface area contributed by atoms with E-state index in [0.717, 1.165) is 25.7 Å². The van der Waals surface area contributed by atoms with Crippen molar-refractivity contribution in [3.8, 4) is 11.8 Å². The second kappa shape index (κ2) is 16.5. The third kappa shape index (κ3) is 8.57. The summed E-state index contributed by atoms with van der Waals surface area (Å²) in [5.74, 6) is -1.81. The maximum Gasteiger partial charge on any atom is 0.459 e. The molecule has 0 amide bonds. The zero-order valence-corrected chi connectivity index (χ0v) is 30.4. The van der Waals surface area contributed by atoms with Gasteiger partial charge in [0.05, 0.1) is 24.8 Å². The van der Waals surface area contributed by atoms with Gasteiger partial charge in [-0.25, -0.2) is 14.1 Å². The Labute approximate surface area is 295 Å². The Hall–Kier alpha value is -3.77. The first kappa shape index (κ1) is 39.0. The van der Waals surface area contributed by atoms with Crippen LogP contribution in [-0.4, -0.2) is 68.7 Å². The quantitative estimate of drug-likeness (QED) is 0.0937. The molecule has 1 aliphatic heterocycles. The molecule has 0 aliphatic carbocycles. The Morgan fingerprint density at radius 1 is 1.16 bits per heavy atom. The number of carbonyl (C=O) groups is 2. The molecular weight excluding hydrogens is 691 g/mol. The number of unbranched alkanes of at least 4 members (excludes halogenated alkanes) is 4. The first-order valence-corrected chi connectivity index (χ1v) is 18.3. The van der Waals surface area contributed by atoms with Gasteiger partial charge in [0.1, 0.15) is 41.4 Å². The molecular formula is C33H44ClN6O9P. The molecule has 1 fully saturated rings. The van der Waals surface area contributed by atoms with Crippen LogP contribution in [0, 0.1) is 17.2 Å². The molecule has 272 valence electrons. The highest BCUT2D eigenvalue weighted by atomic mass is 35.5. The summed E-state index contributed by atoms with van der Waals surface area (Å²) in [4.78, 5) is 29.7. The maximum atomic E-state index is 14.3. The fraction of sp³-hybridized carbons (Fsp3) is 0.545. The van der Waals surface area contributed by atoms with Gasteiger partial charge in [-0.2, -0.15) is 15.4 Å². The monoisotopic (exact) mass is 734 g/mol. The van der Waals surface area contributed by atoms with Crippen LogP contribution in [0.3, 0.4) is 0 Å². The van der Waals surface area contributed by atoms with Crippen molar-refractivity contribution in [3.05, 3.63) is 53.4 Å². The SMILES string of the molecule is CCCCCCCOC(=O)[C@H](C)NP(=O)(OCC1O[C@@](C#N)(c2ccc3c(N)ncnn23)[C@](C)(O)[C@@H]1OC(=O)C(C)C)Oc1ccc(Cl)cc1. The van der Waals surface area contributed by atoms with E-state index in [1.165, 1.54) is 55.0 Å². The average molecular weight is 735 g/mol. The van der Waals surface area contributed by atoms with E-state index < -0.39 is 61.7 Å². The van der Waals surface area contributed by atoms with E-state index in [9.17, 15) is 24.5 Å². The molecule has 0 saturated carbocycles. The molecule has 15 nitrogen and oxygen atoms in total. The number of nitrogens with one attached hydrogen (secondary N) is 1. The molecule has 4 rings (SSSR count). The number of benzene rings is 1. The number of aliphatic hydroxyl groups is 1. The second-order valence-electron chi connectivity index (χ2n) is 12.5. The Bertz CT molecular complexity index is 1730. The molecule has 6 atom stereocenters. The predicted octanol–water partition coefficient (Wildman–Crippen LogP) is 5.10. The Balaban J connectivity index is 1.63. The molecule has 2 unspecified atom stereocenters. The number of ether oxygens (including phenoxy) is 3. The fourth-order valence-electron chi connectivity index (χ4n) is 5.47. The Kier molecular flexibility index (Phi) is 12.9. The first-order chi connectivity index (χ1) is 23.7. The standard InChI is InChI=1S/C33H44ClN6O9P/c1-6-7-8-9-10-17-45-31(42)22(4)39-50(44,49-24-13-11-23(34)12-14-24)46-18-26-28(47-30(41)21(2)3)32(5,43)33(19-35,48-26)27-16-15-25-29(36)37-20-38-40(25)27/h11-16,20-22,26,28,43H,6-10,17-18H2,1-5H3,(H,39,44)(H2,36,37,38)/t22-,26?,28+,32+,33-,50?/m0/s1. The van der Waals surface area contributed by atoms with Crippen molar-refractivity contribution in [2.75, 3.05) is 18.9 Å². The van der Waals surface area contributed by atoms with Gasteiger partial charge < -0.3 is 29.6 Å². The van der Waals surface area contributed by atoms with E-state index in [-0.39, 0.29) is 23.9 Å². The number of nitrogen functional groups attached to an aromatic ring is 1. The molecule has 1 saturated heterocycles. The van der Waals surface area contributed by atoms with Crippen LogP contribution in [0.4, 0.5) is 5.82 Å². The average Bonchev–Trinajstić information content (AvgIpc) is 3.60. The molecule has 2 aromatic heterocycles. The molecule has 0 spiro atoms.